The third-order valence-corrected chi connectivity index (χ3v) is 1.97. The number of nitrogens with one attached hydrogen (secondary N) is 1. The Kier molecular flexibility index (Phi) is 4.82. The summed E-state index contributed by atoms with van der Waals surface area (Å²) >= 11 is 0. The Balaban J connectivity index is 2.55. The minimum Gasteiger partial charge on any atom is -0.480 e. The molecule has 7 heteroatoms. The van der Waals surface area contributed by atoms with Gasteiger partial charge in [-0.2, -0.15) is 0 Å². The molecule has 96 valence electrons. The van der Waals surface area contributed by atoms with Crippen molar-refractivity contribution in [2.75, 3.05) is 6.61 Å². The molecule has 7 nitrogen and oxygen atoms in total. The molecular weight excluding hydrogens is 242 g/mol. The summed E-state index contributed by atoms with van der Waals surface area (Å²) in [5, 5.41) is 19.1. The van der Waals surface area contributed by atoms with Gasteiger partial charge in [0.2, 0.25) is 0 Å². The molecule has 1 unspecified atom stereocenters. The highest BCUT2D eigenvalue weighted by atomic mass is 16.6. The molecule has 0 heterocycles. The second-order valence-corrected chi connectivity index (χ2v) is 3.26. The predicted molar refractivity (Wildman–Crippen MR) is 58.9 cm³/mol. The summed E-state index contributed by atoms with van der Waals surface area (Å²) in [6.45, 7) is -0.802. The lowest BCUT2D eigenvalue weighted by molar-refractivity contribution is -0.140. The van der Waals surface area contributed by atoms with Gasteiger partial charge in [-0.25, -0.2) is 14.4 Å². The van der Waals surface area contributed by atoms with Crippen LogP contribution < -0.4 is 5.32 Å². The van der Waals surface area contributed by atoms with Gasteiger partial charge in [0.15, 0.2) is 6.04 Å². The number of hydrogen-bond acceptors (Lipinski definition) is 5. The van der Waals surface area contributed by atoms with Gasteiger partial charge in [0.1, 0.15) is 0 Å². The number of aliphatic carboxylic acids is 1. The van der Waals surface area contributed by atoms with Crippen LogP contribution in [0.3, 0.4) is 0 Å². The fourth-order valence-electron chi connectivity index (χ4n) is 1.07. The number of hydrogen-bond donors (Lipinski definition) is 3. The van der Waals surface area contributed by atoms with Crippen molar-refractivity contribution in [2.24, 2.45) is 0 Å². The maximum Gasteiger partial charge on any atom is 0.415 e. The van der Waals surface area contributed by atoms with E-state index in [4.69, 9.17) is 10.2 Å². The van der Waals surface area contributed by atoms with Gasteiger partial charge in [-0.05, 0) is 12.1 Å². The molecule has 0 fully saturated rings. The van der Waals surface area contributed by atoms with Gasteiger partial charge in [-0.1, -0.05) is 18.2 Å². The Labute approximate surface area is 102 Å². The highest BCUT2D eigenvalue weighted by molar-refractivity contribution is 5.97. The first-order valence-electron chi connectivity index (χ1n) is 4.96. The van der Waals surface area contributed by atoms with E-state index in [0.717, 1.165) is 0 Å². The van der Waals surface area contributed by atoms with Crippen LogP contribution in [0.1, 0.15) is 10.4 Å². The molecular formula is C11H11NO6. The van der Waals surface area contributed by atoms with Crippen molar-refractivity contribution in [3.8, 4) is 0 Å². The van der Waals surface area contributed by atoms with Gasteiger partial charge in [-0.15, -0.1) is 0 Å². The highest BCUT2D eigenvalue weighted by Gasteiger charge is 2.21. The van der Waals surface area contributed by atoms with Crippen LogP contribution in [0.2, 0.25) is 0 Å². The fraction of sp³-hybridized carbons (Fsp3) is 0.182. The van der Waals surface area contributed by atoms with Gasteiger partial charge in [0, 0.05) is 0 Å². The molecule has 0 radical (unpaired) electrons. The SMILES string of the molecule is O=C(NC(CO)C(=O)O)OC(=O)c1ccccc1. The van der Waals surface area contributed by atoms with Crippen LogP contribution in [-0.2, 0) is 9.53 Å². The summed E-state index contributed by atoms with van der Waals surface area (Å²) in [5.41, 5.74) is 0.156. The first-order chi connectivity index (χ1) is 8.54. The molecule has 1 rings (SSSR count). The van der Waals surface area contributed by atoms with Crippen molar-refractivity contribution < 1.29 is 29.3 Å². The van der Waals surface area contributed by atoms with Gasteiger partial charge in [0.25, 0.3) is 0 Å². The number of carbonyl (C=O) groups is 3. The van der Waals surface area contributed by atoms with Crippen molar-refractivity contribution in [1.29, 1.82) is 0 Å². The van der Waals surface area contributed by atoms with Gasteiger partial charge in [0.05, 0.1) is 12.2 Å². The number of carbonyl (C=O) groups excluding carboxylic acids is 2. The molecule has 1 amide bonds. The largest absolute Gasteiger partial charge is 0.480 e. The second-order valence-electron chi connectivity index (χ2n) is 3.26. The predicted octanol–water partition coefficient (Wildman–Crippen LogP) is -0.00150. The Hall–Kier alpha value is -2.41. The average molecular weight is 253 g/mol. The number of alkyl carbamates (subject to hydrolysis) is 1. The Morgan fingerprint density at radius 1 is 1.22 bits per heavy atom. The minimum atomic E-state index is -1.51. The van der Waals surface area contributed by atoms with E-state index in [0.29, 0.717) is 0 Å². The third kappa shape index (κ3) is 3.87. The number of carboxylic acids is 1. The monoisotopic (exact) mass is 253 g/mol. The Bertz CT molecular complexity index is 444. The highest BCUT2D eigenvalue weighted by Crippen LogP contribution is 2.01. The molecule has 0 bridgehead atoms. The number of ether oxygens (including phenoxy) is 1. The fourth-order valence-corrected chi connectivity index (χ4v) is 1.07. The molecule has 0 aliphatic heterocycles. The third-order valence-electron chi connectivity index (χ3n) is 1.97. The smallest absolute Gasteiger partial charge is 0.415 e. The van der Waals surface area contributed by atoms with E-state index in [1.807, 2.05) is 5.32 Å². The van der Waals surface area contributed by atoms with Crippen molar-refractivity contribution in [2.45, 2.75) is 6.04 Å². The van der Waals surface area contributed by atoms with Crippen LogP contribution >= 0.6 is 0 Å². The first kappa shape index (κ1) is 13.7. The van der Waals surface area contributed by atoms with E-state index in [-0.39, 0.29) is 5.56 Å². The molecule has 18 heavy (non-hydrogen) atoms. The quantitative estimate of drug-likeness (QED) is 0.514. The molecule has 1 aromatic rings. The number of amides is 1. The zero-order chi connectivity index (χ0) is 13.5. The van der Waals surface area contributed by atoms with Crippen LogP contribution in [-0.4, -0.2) is 40.9 Å². The molecule has 0 aromatic heterocycles. The van der Waals surface area contributed by atoms with E-state index in [1.54, 1.807) is 18.2 Å². The molecule has 0 saturated carbocycles. The molecule has 1 aromatic carbocycles. The van der Waals surface area contributed by atoms with Crippen molar-refractivity contribution in [1.82, 2.24) is 5.32 Å². The standard InChI is InChI=1S/C11H11NO6/c13-6-8(9(14)15)12-11(17)18-10(16)7-4-2-1-3-5-7/h1-5,8,13H,6H2,(H,12,17)(H,14,15). The molecule has 0 spiro atoms. The van der Waals surface area contributed by atoms with Crippen molar-refractivity contribution in [3.05, 3.63) is 35.9 Å². The van der Waals surface area contributed by atoms with Crippen LogP contribution in [0.25, 0.3) is 0 Å². The zero-order valence-corrected chi connectivity index (χ0v) is 9.20. The summed E-state index contributed by atoms with van der Waals surface area (Å²) in [5.74, 6) is -2.34. The van der Waals surface area contributed by atoms with Crippen LogP contribution in [0.4, 0.5) is 4.79 Å². The Morgan fingerprint density at radius 3 is 2.33 bits per heavy atom. The van der Waals surface area contributed by atoms with E-state index >= 15 is 0 Å². The lowest BCUT2D eigenvalue weighted by atomic mass is 10.2. The molecule has 0 aliphatic carbocycles. The summed E-state index contributed by atoms with van der Waals surface area (Å²) in [6, 6.07) is 6.22. The summed E-state index contributed by atoms with van der Waals surface area (Å²) in [4.78, 5) is 33.1. The molecule has 3 N–H and O–H groups in total. The van der Waals surface area contributed by atoms with E-state index < -0.39 is 30.7 Å². The lowest BCUT2D eigenvalue weighted by Crippen LogP contribution is -2.44. The molecule has 1 atom stereocenters. The van der Waals surface area contributed by atoms with E-state index in [1.165, 1.54) is 12.1 Å². The topological polar surface area (TPSA) is 113 Å². The van der Waals surface area contributed by atoms with E-state index in [2.05, 4.69) is 4.74 Å². The van der Waals surface area contributed by atoms with E-state index in [9.17, 15) is 14.4 Å². The number of esters is 1. The maximum absolute atomic E-state index is 11.4. The van der Waals surface area contributed by atoms with Crippen molar-refractivity contribution >= 4 is 18.0 Å². The lowest BCUT2D eigenvalue weighted by Gasteiger charge is -2.10. The number of aliphatic hydroxyl groups excluding tert-OH is 1. The number of aliphatic hydroxyl groups is 1. The van der Waals surface area contributed by atoms with Gasteiger partial charge >= 0.3 is 18.0 Å². The van der Waals surface area contributed by atoms with Crippen LogP contribution in [0.15, 0.2) is 30.3 Å². The van der Waals surface area contributed by atoms with Gasteiger partial charge in [-0.3, -0.25) is 0 Å². The zero-order valence-electron chi connectivity index (χ0n) is 9.20. The molecule has 0 aliphatic rings. The van der Waals surface area contributed by atoms with Gasteiger partial charge < -0.3 is 20.3 Å². The second kappa shape index (κ2) is 6.36. The van der Waals surface area contributed by atoms with Crippen molar-refractivity contribution in [3.63, 3.8) is 0 Å². The number of carboxylic acid groups (broad SMARTS) is 1. The maximum atomic E-state index is 11.4. The first-order valence-corrected chi connectivity index (χ1v) is 4.96. The summed E-state index contributed by atoms with van der Waals surface area (Å²) in [6.07, 6.45) is -1.23. The average Bonchev–Trinajstić information content (AvgIpc) is 2.36. The summed E-state index contributed by atoms with van der Waals surface area (Å²) in [7, 11) is 0. The van der Waals surface area contributed by atoms with Crippen LogP contribution in [0.5, 0.6) is 0 Å². The normalized spacial score (nSPS) is 11.4. The number of rotatable bonds is 4. The molecule has 0 saturated heterocycles. The Morgan fingerprint density at radius 2 is 1.83 bits per heavy atom. The minimum absolute atomic E-state index is 0.156. The number of benzene rings is 1. The summed E-state index contributed by atoms with van der Waals surface area (Å²) < 4.78 is 4.36. The van der Waals surface area contributed by atoms with Crippen LogP contribution in [0, 0.1) is 0 Å².